The minimum Gasteiger partial charge on any atom is -0.448 e. The van der Waals surface area contributed by atoms with Crippen molar-refractivity contribution in [3.05, 3.63) is 59.7 Å². The Kier molecular flexibility index (Phi) is 6.14. The van der Waals surface area contributed by atoms with Gasteiger partial charge in [-0.05, 0) is 36.1 Å². The van der Waals surface area contributed by atoms with Gasteiger partial charge in [0.15, 0.2) is 0 Å². The summed E-state index contributed by atoms with van der Waals surface area (Å²) in [5, 5.41) is 9.57. The molecular formula is C22H27NO4. The third kappa shape index (κ3) is 4.15. The molecular weight excluding hydrogens is 342 g/mol. The van der Waals surface area contributed by atoms with Crippen molar-refractivity contribution in [2.24, 2.45) is 0 Å². The molecule has 0 bridgehead atoms. The largest absolute Gasteiger partial charge is 0.448 e. The van der Waals surface area contributed by atoms with Crippen molar-refractivity contribution in [1.82, 2.24) is 4.90 Å². The highest BCUT2D eigenvalue weighted by molar-refractivity contribution is 5.79. The van der Waals surface area contributed by atoms with E-state index in [4.69, 9.17) is 9.47 Å². The highest BCUT2D eigenvalue weighted by atomic mass is 16.6. The summed E-state index contributed by atoms with van der Waals surface area (Å²) in [6.45, 7) is 4.20. The Balaban J connectivity index is 1.68. The first kappa shape index (κ1) is 19.4. The number of amides is 1. The smallest absolute Gasteiger partial charge is 0.409 e. The van der Waals surface area contributed by atoms with Gasteiger partial charge in [0, 0.05) is 13.0 Å². The molecule has 0 radical (unpaired) electrons. The van der Waals surface area contributed by atoms with Crippen LogP contribution >= 0.6 is 0 Å². The Hall–Kier alpha value is -2.37. The van der Waals surface area contributed by atoms with Gasteiger partial charge >= 0.3 is 6.09 Å². The zero-order valence-electron chi connectivity index (χ0n) is 16.1. The maximum absolute atomic E-state index is 12.5. The molecule has 3 rings (SSSR count). The van der Waals surface area contributed by atoms with Crippen LogP contribution in [0.4, 0.5) is 4.79 Å². The lowest BCUT2D eigenvalue weighted by molar-refractivity contribution is 0.00875. The van der Waals surface area contributed by atoms with Crippen LogP contribution in [0.25, 0.3) is 11.1 Å². The van der Waals surface area contributed by atoms with Gasteiger partial charge in [-0.1, -0.05) is 48.5 Å². The molecule has 1 atom stereocenters. The van der Waals surface area contributed by atoms with E-state index in [-0.39, 0.29) is 31.8 Å². The predicted octanol–water partition coefficient (Wildman–Crippen LogP) is 3.65. The molecule has 144 valence electrons. The van der Waals surface area contributed by atoms with E-state index in [0.29, 0.717) is 0 Å². The molecule has 0 saturated heterocycles. The molecule has 0 fully saturated rings. The fraction of sp³-hybridized carbons (Fsp3) is 0.409. The highest BCUT2D eigenvalue weighted by Crippen LogP contribution is 2.44. The number of aliphatic hydroxyl groups is 1. The lowest BCUT2D eigenvalue weighted by atomic mass is 9.98. The number of hydrogen-bond acceptors (Lipinski definition) is 4. The van der Waals surface area contributed by atoms with E-state index in [1.165, 1.54) is 27.2 Å². The first-order valence-corrected chi connectivity index (χ1v) is 9.33. The number of nitrogens with zero attached hydrogens (tertiary/aromatic N) is 1. The van der Waals surface area contributed by atoms with E-state index in [2.05, 4.69) is 24.3 Å². The molecule has 0 aromatic heterocycles. The third-order valence-corrected chi connectivity index (χ3v) is 5.00. The van der Waals surface area contributed by atoms with E-state index < -0.39 is 12.1 Å². The molecule has 0 aliphatic heterocycles. The summed E-state index contributed by atoms with van der Waals surface area (Å²) in [6, 6.07) is 16.0. The van der Waals surface area contributed by atoms with Crippen LogP contribution in [0.5, 0.6) is 0 Å². The second-order valence-electron chi connectivity index (χ2n) is 7.13. The quantitative estimate of drug-likeness (QED) is 0.809. The Labute approximate surface area is 160 Å². The molecule has 27 heavy (non-hydrogen) atoms. The van der Waals surface area contributed by atoms with Crippen molar-refractivity contribution >= 4 is 6.09 Å². The van der Waals surface area contributed by atoms with Gasteiger partial charge in [-0.25, -0.2) is 4.79 Å². The molecule has 1 amide bonds. The third-order valence-electron chi connectivity index (χ3n) is 5.00. The molecule has 5 nitrogen and oxygen atoms in total. The number of aliphatic hydroxyl groups excluding tert-OH is 1. The van der Waals surface area contributed by atoms with Crippen LogP contribution in [0.2, 0.25) is 0 Å². The lowest BCUT2D eigenvalue weighted by Crippen LogP contribution is -2.43. The maximum Gasteiger partial charge on any atom is 0.409 e. The van der Waals surface area contributed by atoms with Gasteiger partial charge in [0.05, 0.1) is 25.4 Å². The Bertz CT molecular complexity index is 744. The fourth-order valence-corrected chi connectivity index (χ4v) is 3.44. The Morgan fingerprint density at radius 3 is 2.15 bits per heavy atom. The Morgan fingerprint density at radius 2 is 1.63 bits per heavy atom. The second-order valence-corrected chi connectivity index (χ2v) is 7.13. The van der Waals surface area contributed by atoms with Gasteiger partial charge < -0.3 is 19.5 Å². The standard InChI is InChI=1S/C22H27NO4/c1-15(2)26-13-16(12-24)23(3)22(25)27-14-21-19-10-6-4-8-17(19)18-9-5-7-11-20(18)21/h4-11,15-16,21,24H,12-14H2,1-3H3. The van der Waals surface area contributed by atoms with Crippen molar-refractivity contribution in [2.45, 2.75) is 31.9 Å². The summed E-state index contributed by atoms with van der Waals surface area (Å²) in [4.78, 5) is 13.9. The average molecular weight is 369 g/mol. The molecule has 1 unspecified atom stereocenters. The molecule has 0 saturated carbocycles. The van der Waals surface area contributed by atoms with E-state index in [1.807, 2.05) is 38.1 Å². The molecule has 1 N–H and O–H groups in total. The van der Waals surface area contributed by atoms with Gasteiger partial charge in [0.2, 0.25) is 0 Å². The van der Waals surface area contributed by atoms with Crippen LogP contribution in [-0.4, -0.2) is 55.1 Å². The molecule has 0 heterocycles. The van der Waals surface area contributed by atoms with Crippen LogP contribution < -0.4 is 0 Å². The van der Waals surface area contributed by atoms with Gasteiger partial charge in [-0.3, -0.25) is 0 Å². The van der Waals surface area contributed by atoms with Crippen LogP contribution in [0.15, 0.2) is 48.5 Å². The first-order chi connectivity index (χ1) is 13.0. The van der Waals surface area contributed by atoms with Crippen LogP contribution in [0, 0.1) is 0 Å². The summed E-state index contributed by atoms with van der Waals surface area (Å²) >= 11 is 0. The zero-order chi connectivity index (χ0) is 19.4. The lowest BCUT2D eigenvalue weighted by Gasteiger charge is -2.27. The van der Waals surface area contributed by atoms with Crippen molar-refractivity contribution < 1.29 is 19.4 Å². The van der Waals surface area contributed by atoms with E-state index in [0.717, 1.165) is 0 Å². The Morgan fingerprint density at radius 1 is 1.07 bits per heavy atom. The number of hydrogen-bond donors (Lipinski definition) is 1. The molecule has 2 aromatic rings. The molecule has 1 aliphatic rings. The normalized spacial score (nSPS) is 14.0. The van der Waals surface area contributed by atoms with Gasteiger partial charge in [-0.2, -0.15) is 0 Å². The number of carbonyl (C=O) groups is 1. The van der Waals surface area contributed by atoms with Gasteiger partial charge in [0.1, 0.15) is 6.61 Å². The summed E-state index contributed by atoms with van der Waals surface area (Å²) in [7, 11) is 1.63. The maximum atomic E-state index is 12.5. The van der Waals surface area contributed by atoms with E-state index in [1.54, 1.807) is 7.05 Å². The number of benzene rings is 2. The minimum atomic E-state index is -0.455. The molecule has 0 spiro atoms. The molecule has 1 aliphatic carbocycles. The monoisotopic (exact) mass is 369 g/mol. The SMILES string of the molecule is CC(C)OCC(CO)N(C)C(=O)OCC1c2ccccc2-c2ccccc21. The fourth-order valence-electron chi connectivity index (χ4n) is 3.44. The second kappa shape index (κ2) is 8.55. The predicted molar refractivity (Wildman–Crippen MR) is 105 cm³/mol. The number of carbonyl (C=O) groups excluding carboxylic acids is 1. The summed E-state index contributed by atoms with van der Waals surface area (Å²) < 4.78 is 11.1. The minimum absolute atomic E-state index is 0.0224. The van der Waals surface area contributed by atoms with Crippen molar-refractivity contribution in [1.29, 1.82) is 0 Å². The highest BCUT2D eigenvalue weighted by Gasteiger charge is 2.30. The van der Waals surface area contributed by atoms with Crippen LogP contribution in [0.3, 0.4) is 0 Å². The topological polar surface area (TPSA) is 59.0 Å². The van der Waals surface area contributed by atoms with Gasteiger partial charge in [0.25, 0.3) is 0 Å². The number of rotatable bonds is 7. The van der Waals surface area contributed by atoms with Crippen LogP contribution in [-0.2, 0) is 9.47 Å². The van der Waals surface area contributed by atoms with Crippen molar-refractivity contribution in [3.8, 4) is 11.1 Å². The summed E-state index contributed by atoms with van der Waals surface area (Å²) in [6.07, 6.45) is -0.418. The average Bonchev–Trinajstić information content (AvgIpc) is 3.00. The number of ether oxygens (including phenoxy) is 2. The van der Waals surface area contributed by atoms with E-state index >= 15 is 0 Å². The van der Waals surface area contributed by atoms with Crippen molar-refractivity contribution in [3.63, 3.8) is 0 Å². The van der Waals surface area contributed by atoms with E-state index in [9.17, 15) is 9.90 Å². The van der Waals surface area contributed by atoms with Gasteiger partial charge in [-0.15, -0.1) is 0 Å². The summed E-state index contributed by atoms with van der Waals surface area (Å²) in [5.41, 5.74) is 4.74. The van der Waals surface area contributed by atoms with Crippen LogP contribution in [0.1, 0.15) is 30.9 Å². The molecule has 2 aromatic carbocycles. The molecule has 5 heteroatoms. The summed E-state index contributed by atoms with van der Waals surface area (Å²) in [5.74, 6) is 0.0224. The first-order valence-electron chi connectivity index (χ1n) is 9.33. The van der Waals surface area contributed by atoms with Crippen molar-refractivity contribution in [2.75, 3.05) is 26.9 Å². The zero-order valence-corrected chi connectivity index (χ0v) is 16.1. The number of likely N-dealkylation sites (N-methyl/N-ethyl adjacent to an activating group) is 1. The number of fused-ring (bicyclic) bond motifs is 3.